The molecule has 13 rings (SSSR count). The Kier molecular flexibility index (Phi) is 13.5. The monoisotopic (exact) mass is 903 g/mol. The minimum absolute atomic E-state index is 0.108. The van der Waals surface area contributed by atoms with Crippen LogP contribution in [0.2, 0.25) is 0 Å². The molecule has 0 bridgehead atoms. The van der Waals surface area contributed by atoms with E-state index in [1.165, 1.54) is 111 Å². The Hall–Kier alpha value is -8.00. The Bertz CT molecular complexity index is 3610. The zero-order valence-corrected chi connectivity index (χ0v) is 40.7. The van der Waals surface area contributed by atoms with Crippen molar-refractivity contribution in [1.29, 1.82) is 0 Å². The largest absolute Gasteiger partial charge is 0.354 e. The summed E-state index contributed by atoms with van der Waals surface area (Å²) in [5.41, 5.74) is 17.3. The molecule has 342 valence electrons. The molecule has 0 spiro atoms. The molecular formula is C69H61N. The standard InChI is InChI=1S/C27H24.C20H17N.2C11H10/c1-2-20-12-11-18-24-23-17-9-10-19-25(23)27(26(20)24,21-13-5-3-6-14-21)22-15-7-4-8-16-22;1-2-14-7-3-4-8-16(14)15-11-12-18-17-9-5-6-10-19(17)21-20(18)13-15;1-9-5-4-7-10-6-2-3-8-11(9)10;1-9-6-7-10-4-2-3-5-11(10)8-9/h2-7,9-14,17-19,22H,1,8,15-16H2;3-13,21H,2H2,1H3;2*2-8H,1H3. The first kappa shape index (κ1) is 45.8. The highest BCUT2D eigenvalue weighted by atomic mass is 14.7. The predicted octanol–water partition coefficient (Wildman–Crippen LogP) is 18.8. The fourth-order valence-electron chi connectivity index (χ4n) is 11.3. The topological polar surface area (TPSA) is 15.8 Å². The summed E-state index contributed by atoms with van der Waals surface area (Å²) < 4.78 is 0. The highest BCUT2D eigenvalue weighted by Crippen LogP contribution is 2.59. The van der Waals surface area contributed by atoms with E-state index in [-0.39, 0.29) is 5.41 Å². The summed E-state index contributed by atoms with van der Waals surface area (Å²) in [6, 6.07) is 80.5. The van der Waals surface area contributed by atoms with E-state index < -0.39 is 0 Å². The van der Waals surface area contributed by atoms with Crippen molar-refractivity contribution < 1.29 is 0 Å². The van der Waals surface area contributed by atoms with Gasteiger partial charge in [0, 0.05) is 21.8 Å². The van der Waals surface area contributed by atoms with E-state index in [0.29, 0.717) is 5.92 Å². The van der Waals surface area contributed by atoms with Crippen LogP contribution in [0.5, 0.6) is 0 Å². The van der Waals surface area contributed by atoms with Gasteiger partial charge in [-0.1, -0.05) is 250 Å². The first-order valence-corrected chi connectivity index (χ1v) is 25.0. The molecule has 70 heavy (non-hydrogen) atoms. The van der Waals surface area contributed by atoms with Gasteiger partial charge in [0.2, 0.25) is 0 Å². The lowest BCUT2D eigenvalue weighted by molar-refractivity contribution is 0.349. The number of aryl methyl sites for hydroxylation is 3. The predicted molar refractivity (Wildman–Crippen MR) is 303 cm³/mol. The zero-order valence-electron chi connectivity index (χ0n) is 40.7. The van der Waals surface area contributed by atoms with Gasteiger partial charge in [0.15, 0.2) is 0 Å². The molecule has 10 aromatic carbocycles. The molecule has 1 N–H and O–H groups in total. The van der Waals surface area contributed by atoms with Crippen molar-refractivity contribution in [2.75, 3.05) is 0 Å². The Morgan fingerprint density at radius 2 is 1.19 bits per heavy atom. The van der Waals surface area contributed by atoms with Gasteiger partial charge < -0.3 is 4.98 Å². The highest BCUT2D eigenvalue weighted by Gasteiger charge is 2.50. The van der Waals surface area contributed by atoms with E-state index in [0.717, 1.165) is 19.3 Å². The third-order valence-electron chi connectivity index (χ3n) is 14.6. The van der Waals surface area contributed by atoms with Crippen LogP contribution in [0.4, 0.5) is 0 Å². The number of H-pyrrole nitrogens is 1. The van der Waals surface area contributed by atoms with E-state index in [4.69, 9.17) is 0 Å². The second-order valence-electron chi connectivity index (χ2n) is 18.8. The first-order valence-electron chi connectivity index (χ1n) is 25.0. The van der Waals surface area contributed by atoms with Crippen molar-refractivity contribution in [3.63, 3.8) is 0 Å². The number of rotatable bonds is 5. The molecule has 0 aliphatic heterocycles. The van der Waals surface area contributed by atoms with Gasteiger partial charge in [0.25, 0.3) is 0 Å². The van der Waals surface area contributed by atoms with E-state index in [9.17, 15) is 0 Å². The molecule has 1 heterocycles. The molecule has 2 aliphatic carbocycles. The van der Waals surface area contributed by atoms with Crippen LogP contribution in [-0.4, -0.2) is 4.98 Å². The van der Waals surface area contributed by atoms with Gasteiger partial charge in [-0.05, 0) is 135 Å². The summed E-state index contributed by atoms with van der Waals surface area (Å²) >= 11 is 0. The van der Waals surface area contributed by atoms with Crippen molar-refractivity contribution in [2.24, 2.45) is 5.92 Å². The molecule has 11 aromatic rings. The van der Waals surface area contributed by atoms with Crippen molar-refractivity contribution in [2.45, 2.75) is 51.9 Å². The van der Waals surface area contributed by atoms with Gasteiger partial charge in [-0.2, -0.15) is 0 Å². The number of para-hydroxylation sites is 1. The summed E-state index contributed by atoms with van der Waals surface area (Å²) in [6.45, 7) is 10.6. The lowest BCUT2D eigenvalue weighted by Gasteiger charge is -2.42. The number of aromatic amines is 1. The lowest BCUT2D eigenvalue weighted by atomic mass is 9.60. The summed E-state index contributed by atoms with van der Waals surface area (Å²) in [5.74, 6) is 0.549. The van der Waals surface area contributed by atoms with E-state index in [1.54, 1.807) is 0 Å². The van der Waals surface area contributed by atoms with Crippen LogP contribution in [-0.2, 0) is 11.8 Å². The molecular weight excluding hydrogens is 843 g/mol. The zero-order chi connectivity index (χ0) is 47.9. The van der Waals surface area contributed by atoms with Crippen LogP contribution < -0.4 is 0 Å². The number of benzene rings is 10. The first-order chi connectivity index (χ1) is 34.5. The second-order valence-corrected chi connectivity index (χ2v) is 18.8. The quantitative estimate of drug-likeness (QED) is 0.166. The lowest BCUT2D eigenvalue weighted by Crippen LogP contribution is -2.37. The Balaban J connectivity index is 0.000000116. The summed E-state index contributed by atoms with van der Waals surface area (Å²) in [5, 5.41) is 7.92. The smallest absolute Gasteiger partial charge is 0.0500 e. The Morgan fingerprint density at radius 1 is 0.529 bits per heavy atom. The van der Waals surface area contributed by atoms with Crippen molar-refractivity contribution >= 4 is 49.4 Å². The van der Waals surface area contributed by atoms with E-state index in [2.05, 4.69) is 269 Å². The van der Waals surface area contributed by atoms with Gasteiger partial charge in [0.1, 0.15) is 0 Å². The minimum atomic E-state index is -0.108. The number of hydrogen-bond donors (Lipinski definition) is 1. The van der Waals surface area contributed by atoms with Gasteiger partial charge in [-0.3, -0.25) is 0 Å². The molecule has 1 nitrogen and oxygen atoms in total. The normalized spacial score (nSPS) is 15.4. The number of hydrogen-bond acceptors (Lipinski definition) is 0. The molecule has 0 saturated heterocycles. The third-order valence-corrected chi connectivity index (χ3v) is 14.6. The molecule has 0 fully saturated rings. The molecule has 2 atom stereocenters. The summed E-state index contributed by atoms with van der Waals surface area (Å²) in [6.07, 6.45) is 11.3. The highest BCUT2D eigenvalue weighted by molar-refractivity contribution is 6.08. The van der Waals surface area contributed by atoms with Gasteiger partial charge in [-0.15, -0.1) is 0 Å². The van der Waals surface area contributed by atoms with Crippen molar-refractivity contribution in [1.82, 2.24) is 4.98 Å². The fourth-order valence-corrected chi connectivity index (χ4v) is 11.3. The number of nitrogens with one attached hydrogen (secondary N) is 1. The van der Waals surface area contributed by atoms with Crippen LogP contribution in [0.25, 0.3) is 71.7 Å². The summed E-state index contributed by atoms with van der Waals surface area (Å²) in [4.78, 5) is 3.53. The van der Waals surface area contributed by atoms with Crippen LogP contribution in [0.15, 0.2) is 243 Å². The average molecular weight is 904 g/mol. The minimum Gasteiger partial charge on any atom is -0.354 e. The Labute approximate surface area is 414 Å². The third kappa shape index (κ3) is 8.92. The average Bonchev–Trinajstić information content (AvgIpc) is 3.96. The molecule has 1 heteroatoms. The van der Waals surface area contributed by atoms with Gasteiger partial charge >= 0.3 is 0 Å². The van der Waals surface area contributed by atoms with E-state index in [1.807, 2.05) is 6.08 Å². The summed E-state index contributed by atoms with van der Waals surface area (Å²) in [7, 11) is 0. The van der Waals surface area contributed by atoms with Crippen LogP contribution in [0, 0.1) is 19.8 Å². The van der Waals surface area contributed by atoms with Crippen LogP contribution in [0.1, 0.15) is 65.1 Å². The van der Waals surface area contributed by atoms with Gasteiger partial charge in [0.05, 0.1) is 5.41 Å². The van der Waals surface area contributed by atoms with Crippen molar-refractivity contribution in [3.05, 3.63) is 282 Å². The maximum Gasteiger partial charge on any atom is 0.0500 e. The van der Waals surface area contributed by atoms with Crippen LogP contribution >= 0.6 is 0 Å². The fraction of sp³-hybridized carbons (Fsp3) is 0.130. The molecule has 2 unspecified atom stereocenters. The molecule has 1 aromatic heterocycles. The van der Waals surface area contributed by atoms with Crippen molar-refractivity contribution in [3.8, 4) is 22.3 Å². The number of fused-ring (bicyclic) bond motifs is 8. The molecule has 0 radical (unpaired) electrons. The molecule has 2 aliphatic rings. The maximum atomic E-state index is 4.16. The molecule has 0 saturated carbocycles. The number of aromatic nitrogens is 1. The second kappa shape index (κ2) is 20.7. The molecule has 0 amide bonds. The maximum absolute atomic E-state index is 4.16. The number of allylic oxidation sites excluding steroid dienone is 2. The SMILES string of the molecule is C=Cc1cccc2c1C(c1ccccc1)(C1CC=CCC1)c1ccccc1-2.CCc1ccccc1-c1ccc2c(c1)[nH]c1ccccc12.Cc1ccc2ccccc2c1.Cc1cccc2ccccc12. The van der Waals surface area contributed by atoms with E-state index >= 15 is 0 Å². The van der Waals surface area contributed by atoms with Gasteiger partial charge in [-0.25, -0.2) is 0 Å². The van der Waals surface area contributed by atoms with Crippen LogP contribution in [0.3, 0.4) is 0 Å². The Morgan fingerprint density at radius 3 is 1.97 bits per heavy atom.